The lowest BCUT2D eigenvalue weighted by molar-refractivity contribution is -0.116. The van der Waals surface area contributed by atoms with Gasteiger partial charge in [0, 0.05) is 24.3 Å². The van der Waals surface area contributed by atoms with Crippen molar-refractivity contribution in [2.75, 3.05) is 21.3 Å². The van der Waals surface area contributed by atoms with E-state index < -0.39 is 0 Å². The highest BCUT2D eigenvalue weighted by atomic mass is 19.1. The summed E-state index contributed by atoms with van der Waals surface area (Å²) in [5.41, 5.74) is 1.49. The van der Waals surface area contributed by atoms with E-state index in [0.717, 1.165) is 5.56 Å². The highest BCUT2D eigenvalue weighted by Crippen LogP contribution is 2.35. The molecule has 0 aliphatic heterocycles. The number of carbonyl (C=O) groups excluding carboxylic acids is 1. The van der Waals surface area contributed by atoms with Crippen molar-refractivity contribution in [3.05, 3.63) is 59.4 Å². The Morgan fingerprint density at radius 2 is 1.60 bits per heavy atom. The maximum absolute atomic E-state index is 12.9. The zero-order chi connectivity index (χ0) is 18.2. The molecule has 2 aromatic rings. The van der Waals surface area contributed by atoms with Crippen molar-refractivity contribution in [1.82, 2.24) is 5.32 Å². The van der Waals surface area contributed by atoms with Crippen LogP contribution in [0.25, 0.3) is 6.08 Å². The highest BCUT2D eigenvalue weighted by Gasteiger charge is 2.10. The van der Waals surface area contributed by atoms with Crippen molar-refractivity contribution in [2.45, 2.75) is 6.54 Å². The van der Waals surface area contributed by atoms with E-state index in [2.05, 4.69) is 5.32 Å². The standard InChI is InChI=1S/C19H20FNO4/c1-23-16-11-18(25-3)17(24-2)10-14(16)6-9-19(22)21-12-13-4-7-15(20)8-5-13/h4-11H,12H2,1-3H3,(H,21,22)/b9-6+. The van der Waals surface area contributed by atoms with Crippen molar-refractivity contribution in [3.8, 4) is 17.2 Å². The molecule has 132 valence electrons. The molecule has 2 aromatic carbocycles. The molecule has 0 saturated heterocycles. The van der Waals surface area contributed by atoms with Crippen LogP contribution in [0.1, 0.15) is 11.1 Å². The van der Waals surface area contributed by atoms with Crippen LogP contribution in [0.3, 0.4) is 0 Å². The summed E-state index contributed by atoms with van der Waals surface area (Å²) in [5, 5.41) is 2.73. The second kappa shape index (κ2) is 8.73. The molecule has 1 N–H and O–H groups in total. The van der Waals surface area contributed by atoms with Gasteiger partial charge >= 0.3 is 0 Å². The largest absolute Gasteiger partial charge is 0.496 e. The molecule has 1 amide bonds. The molecular weight excluding hydrogens is 325 g/mol. The van der Waals surface area contributed by atoms with Gasteiger partial charge in [-0.2, -0.15) is 0 Å². The molecule has 0 bridgehead atoms. The van der Waals surface area contributed by atoms with Gasteiger partial charge in [-0.15, -0.1) is 0 Å². The van der Waals surface area contributed by atoms with Crippen LogP contribution in [0.2, 0.25) is 0 Å². The van der Waals surface area contributed by atoms with Gasteiger partial charge < -0.3 is 19.5 Å². The molecule has 0 aliphatic rings. The van der Waals surface area contributed by atoms with Crippen LogP contribution >= 0.6 is 0 Å². The molecule has 25 heavy (non-hydrogen) atoms. The van der Waals surface area contributed by atoms with Gasteiger partial charge in [0.25, 0.3) is 0 Å². The normalized spacial score (nSPS) is 10.6. The predicted molar refractivity (Wildman–Crippen MR) is 93.4 cm³/mol. The summed E-state index contributed by atoms with van der Waals surface area (Å²) in [7, 11) is 4.61. The van der Waals surface area contributed by atoms with Gasteiger partial charge in [0.15, 0.2) is 11.5 Å². The smallest absolute Gasteiger partial charge is 0.244 e. The number of rotatable bonds is 7. The van der Waals surface area contributed by atoms with Crippen LogP contribution < -0.4 is 19.5 Å². The second-order valence-electron chi connectivity index (χ2n) is 5.13. The topological polar surface area (TPSA) is 56.8 Å². The highest BCUT2D eigenvalue weighted by molar-refractivity contribution is 5.92. The molecule has 0 atom stereocenters. The van der Waals surface area contributed by atoms with Gasteiger partial charge in [0.05, 0.1) is 21.3 Å². The number of ether oxygens (including phenoxy) is 3. The Balaban J connectivity index is 2.06. The molecule has 0 heterocycles. The van der Waals surface area contributed by atoms with Crippen LogP contribution in [0.5, 0.6) is 17.2 Å². The van der Waals surface area contributed by atoms with E-state index in [0.29, 0.717) is 29.4 Å². The lowest BCUT2D eigenvalue weighted by Crippen LogP contribution is -2.20. The third kappa shape index (κ3) is 4.97. The van der Waals surface area contributed by atoms with Crippen molar-refractivity contribution in [3.63, 3.8) is 0 Å². The van der Waals surface area contributed by atoms with Gasteiger partial charge in [-0.05, 0) is 29.8 Å². The SMILES string of the molecule is COc1cc(OC)c(OC)cc1/C=C/C(=O)NCc1ccc(F)cc1. The van der Waals surface area contributed by atoms with E-state index >= 15 is 0 Å². The third-order valence-corrected chi connectivity index (χ3v) is 3.53. The summed E-state index contributed by atoms with van der Waals surface area (Å²) >= 11 is 0. The number of amides is 1. The first kappa shape index (κ1) is 18.3. The lowest BCUT2D eigenvalue weighted by atomic mass is 10.1. The predicted octanol–water partition coefficient (Wildman–Crippen LogP) is 3.18. The first-order valence-electron chi connectivity index (χ1n) is 7.57. The summed E-state index contributed by atoms with van der Waals surface area (Å²) in [4.78, 5) is 12.0. The quantitative estimate of drug-likeness (QED) is 0.783. The zero-order valence-corrected chi connectivity index (χ0v) is 14.3. The Kier molecular flexibility index (Phi) is 6.39. The van der Waals surface area contributed by atoms with Crippen molar-refractivity contribution >= 4 is 12.0 Å². The summed E-state index contributed by atoms with van der Waals surface area (Å²) in [6, 6.07) is 9.36. The molecule has 0 unspecified atom stereocenters. The number of methoxy groups -OCH3 is 3. The van der Waals surface area contributed by atoms with Crippen LogP contribution in [-0.2, 0) is 11.3 Å². The summed E-state index contributed by atoms with van der Waals surface area (Å²) < 4.78 is 28.6. The molecule has 0 saturated carbocycles. The van der Waals surface area contributed by atoms with E-state index in [1.165, 1.54) is 39.5 Å². The van der Waals surface area contributed by atoms with Crippen molar-refractivity contribution < 1.29 is 23.4 Å². The fraction of sp³-hybridized carbons (Fsp3) is 0.211. The second-order valence-corrected chi connectivity index (χ2v) is 5.13. The molecule has 0 aromatic heterocycles. The van der Waals surface area contributed by atoms with Crippen molar-refractivity contribution in [2.24, 2.45) is 0 Å². The van der Waals surface area contributed by atoms with Crippen LogP contribution in [0.4, 0.5) is 4.39 Å². The van der Waals surface area contributed by atoms with Crippen molar-refractivity contribution in [1.29, 1.82) is 0 Å². The molecule has 0 fully saturated rings. The van der Waals surface area contributed by atoms with E-state index in [4.69, 9.17) is 14.2 Å². The Bertz CT molecular complexity index is 757. The average molecular weight is 345 g/mol. The maximum Gasteiger partial charge on any atom is 0.244 e. The first-order chi connectivity index (χ1) is 12.1. The Morgan fingerprint density at radius 3 is 2.20 bits per heavy atom. The molecule has 5 nitrogen and oxygen atoms in total. The van der Waals surface area contributed by atoms with Gasteiger partial charge in [-0.3, -0.25) is 4.79 Å². The Morgan fingerprint density at radius 1 is 1.00 bits per heavy atom. The van der Waals surface area contributed by atoms with Crippen LogP contribution in [0, 0.1) is 5.82 Å². The van der Waals surface area contributed by atoms with Gasteiger partial charge in [0.2, 0.25) is 5.91 Å². The zero-order valence-electron chi connectivity index (χ0n) is 14.3. The molecule has 0 aliphatic carbocycles. The number of benzene rings is 2. The summed E-state index contributed by atoms with van der Waals surface area (Å²) in [5.74, 6) is 1.05. The summed E-state index contributed by atoms with van der Waals surface area (Å²) in [6.45, 7) is 0.312. The van der Waals surface area contributed by atoms with Gasteiger partial charge in [-0.25, -0.2) is 4.39 Å². The van der Waals surface area contributed by atoms with E-state index in [-0.39, 0.29) is 11.7 Å². The lowest BCUT2D eigenvalue weighted by Gasteiger charge is -2.12. The number of carbonyl (C=O) groups is 1. The van der Waals surface area contributed by atoms with Gasteiger partial charge in [-0.1, -0.05) is 12.1 Å². The molecule has 0 spiro atoms. The van der Waals surface area contributed by atoms with Crippen LogP contribution in [-0.4, -0.2) is 27.2 Å². The van der Waals surface area contributed by atoms with Crippen LogP contribution in [0.15, 0.2) is 42.5 Å². The minimum Gasteiger partial charge on any atom is -0.496 e. The minimum absolute atomic E-state index is 0.277. The molecule has 6 heteroatoms. The van der Waals surface area contributed by atoms with Gasteiger partial charge in [0.1, 0.15) is 11.6 Å². The molecular formula is C19H20FNO4. The molecule has 0 radical (unpaired) electrons. The van der Waals surface area contributed by atoms with E-state index in [1.807, 2.05) is 0 Å². The maximum atomic E-state index is 12.9. The summed E-state index contributed by atoms with van der Waals surface area (Å²) in [6.07, 6.45) is 3.02. The third-order valence-electron chi connectivity index (χ3n) is 3.53. The fourth-order valence-corrected chi connectivity index (χ4v) is 2.20. The number of hydrogen-bond donors (Lipinski definition) is 1. The minimum atomic E-state index is -0.310. The molecule has 2 rings (SSSR count). The number of halogens is 1. The Labute approximate surface area is 146 Å². The van der Waals surface area contributed by atoms with E-state index in [9.17, 15) is 9.18 Å². The number of nitrogens with one attached hydrogen (secondary N) is 1. The first-order valence-corrected chi connectivity index (χ1v) is 7.57. The number of hydrogen-bond acceptors (Lipinski definition) is 4. The average Bonchev–Trinajstić information content (AvgIpc) is 2.65. The fourth-order valence-electron chi connectivity index (χ4n) is 2.20. The van der Waals surface area contributed by atoms with E-state index in [1.54, 1.807) is 30.3 Å². The monoisotopic (exact) mass is 345 g/mol. The Hall–Kier alpha value is -3.02.